The average molecular weight is 308 g/mol. The minimum Gasteiger partial charge on any atom is -0.347 e. The van der Waals surface area contributed by atoms with Crippen LogP contribution in [0.3, 0.4) is 0 Å². The van der Waals surface area contributed by atoms with Gasteiger partial charge in [-0.2, -0.15) is 0 Å². The number of carbonyl (C=O) groups excluding carboxylic acids is 1. The number of aryl methyl sites for hydroxylation is 1. The van der Waals surface area contributed by atoms with E-state index in [0.29, 0.717) is 5.56 Å². The predicted octanol–water partition coefficient (Wildman–Crippen LogP) is 2.97. The second kappa shape index (κ2) is 5.35. The van der Waals surface area contributed by atoms with E-state index in [9.17, 15) is 4.79 Å². The van der Waals surface area contributed by atoms with E-state index < -0.39 is 0 Å². The standard InChI is InChI=1S/C13H14BrN3O/c1-8-5-10(7-11(14)6-8)13(18)17-9(2)12-15-3-4-16-12/h3-7,9H,1-2H3,(H,15,16)(H,17,18). The van der Waals surface area contributed by atoms with Crippen LogP contribution in [0.15, 0.2) is 35.1 Å². The highest BCUT2D eigenvalue weighted by molar-refractivity contribution is 9.10. The number of nitrogens with zero attached hydrogens (tertiary/aromatic N) is 1. The summed E-state index contributed by atoms with van der Waals surface area (Å²) < 4.78 is 0.901. The first-order valence-electron chi connectivity index (χ1n) is 5.63. The van der Waals surface area contributed by atoms with Gasteiger partial charge >= 0.3 is 0 Å². The summed E-state index contributed by atoms with van der Waals surface area (Å²) in [5, 5.41) is 2.90. The fraction of sp³-hybridized carbons (Fsp3) is 0.231. The van der Waals surface area contributed by atoms with Gasteiger partial charge in [0.2, 0.25) is 0 Å². The Morgan fingerprint density at radius 1 is 1.44 bits per heavy atom. The van der Waals surface area contributed by atoms with E-state index in [0.717, 1.165) is 15.9 Å². The lowest BCUT2D eigenvalue weighted by Crippen LogP contribution is -2.27. The van der Waals surface area contributed by atoms with Crippen LogP contribution < -0.4 is 5.32 Å². The molecule has 1 unspecified atom stereocenters. The second-order valence-electron chi connectivity index (χ2n) is 4.19. The van der Waals surface area contributed by atoms with E-state index in [2.05, 4.69) is 31.2 Å². The van der Waals surface area contributed by atoms with Crippen molar-refractivity contribution < 1.29 is 4.79 Å². The van der Waals surface area contributed by atoms with Gasteiger partial charge in [-0.1, -0.05) is 15.9 Å². The van der Waals surface area contributed by atoms with Gasteiger partial charge in [-0.05, 0) is 37.6 Å². The monoisotopic (exact) mass is 307 g/mol. The first-order valence-corrected chi connectivity index (χ1v) is 6.43. The molecule has 0 bridgehead atoms. The van der Waals surface area contributed by atoms with Gasteiger partial charge in [0.25, 0.3) is 5.91 Å². The normalized spacial score (nSPS) is 12.2. The molecule has 0 aliphatic rings. The fourth-order valence-electron chi connectivity index (χ4n) is 1.73. The topological polar surface area (TPSA) is 57.8 Å². The van der Waals surface area contributed by atoms with Crippen molar-refractivity contribution in [2.75, 3.05) is 0 Å². The van der Waals surface area contributed by atoms with Crippen LogP contribution in [-0.4, -0.2) is 15.9 Å². The number of rotatable bonds is 3. The summed E-state index contributed by atoms with van der Waals surface area (Å²) in [5.74, 6) is 0.637. The molecule has 1 heterocycles. The Kier molecular flexibility index (Phi) is 3.81. The molecule has 1 atom stereocenters. The Labute approximate surface area is 114 Å². The summed E-state index contributed by atoms with van der Waals surface area (Å²) in [6.45, 7) is 3.85. The van der Waals surface area contributed by atoms with Crippen LogP contribution in [-0.2, 0) is 0 Å². The van der Waals surface area contributed by atoms with Crippen molar-refractivity contribution >= 4 is 21.8 Å². The summed E-state index contributed by atoms with van der Waals surface area (Å²) in [7, 11) is 0. The Hall–Kier alpha value is -1.62. The number of amides is 1. The molecule has 18 heavy (non-hydrogen) atoms. The molecule has 0 saturated carbocycles. The van der Waals surface area contributed by atoms with Crippen LogP contribution in [0.4, 0.5) is 0 Å². The molecule has 2 rings (SSSR count). The summed E-state index contributed by atoms with van der Waals surface area (Å²) in [4.78, 5) is 19.2. The number of benzene rings is 1. The largest absolute Gasteiger partial charge is 0.347 e. The summed E-state index contributed by atoms with van der Waals surface area (Å²) in [6.07, 6.45) is 3.41. The van der Waals surface area contributed by atoms with E-state index in [1.54, 1.807) is 18.5 Å². The number of aromatic amines is 1. The van der Waals surface area contributed by atoms with E-state index >= 15 is 0 Å². The maximum absolute atomic E-state index is 12.1. The molecule has 0 aliphatic heterocycles. The molecule has 2 N–H and O–H groups in total. The first-order chi connectivity index (χ1) is 8.56. The summed E-state index contributed by atoms with van der Waals surface area (Å²) in [6, 6.07) is 5.48. The zero-order valence-electron chi connectivity index (χ0n) is 10.2. The van der Waals surface area contributed by atoms with Gasteiger partial charge in [0.15, 0.2) is 0 Å². The number of halogens is 1. The zero-order chi connectivity index (χ0) is 13.1. The number of imidazole rings is 1. The lowest BCUT2D eigenvalue weighted by Gasteiger charge is -2.12. The molecule has 0 saturated heterocycles. The third-order valence-electron chi connectivity index (χ3n) is 2.58. The quantitative estimate of drug-likeness (QED) is 0.916. The van der Waals surface area contributed by atoms with Crippen LogP contribution in [0.5, 0.6) is 0 Å². The highest BCUT2D eigenvalue weighted by Gasteiger charge is 2.13. The number of H-pyrrole nitrogens is 1. The predicted molar refractivity (Wildman–Crippen MR) is 73.3 cm³/mol. The maximum Gasteiger partial charge on any atom is 0.251 e. The van der Waals surface area contributed by atoms with Gasteiger partial charge in [-0.15, -0.1) is 0 Å². The Morgan fingerprint density at radius 2 is 2.22 bits per heavy atom. The minimum absolute atomic E-state index is 0.108. The highest BCUT2D eigenvalue weighted by Crippen LogP contribution is 2.16. The molecule has 1 amide bonds. The lowest BCUT2D eigenvalue weighted by molar-refractivity contribution is 0.0938. The van der Waals surface area contributed by atoms with Gasteiger partial charge in [0.1, 0.15) is 5.82 Å². The van der Waals surface area contributed by atoms with Gasteiger partial charge in [0.05, 0.1) is 6.04 Å². The van der Waals surface area contributed by atoms with Crippen LogP contribution in [0, 0.1) is 6.92 Å². The van der Waals surface area contributed by atoms with Gasteiger partial charge in [-0.3, -0.25) is 4.79 Å². The van der Waals surface area contributed by atoms with Crippen LogP contribution >= 0.6 is 15.9 Å². The third-order valence-corrected chi connectivity index (χ3v) is 3.04. The van der Waals surface area contributed by atoms with Crippen molar-refractivity contribution in [3.05, 3.63) is 52.0 Å². The molecular weight excluding hydrogens is 294 g/mol. The highest BCUT2D eigenvalue weighted by atomic mass is 79.9. The number of carbonyl (C=O) groups is 1. The first kappa shape index (κ1) is 12.8. The number of aromatic nitrogens is 2. The van der Waals surface area contributed by atoms with Gasteiger partial charge in [-0.25, -0.2) is 4.98 Å². The molecule has 94 valence electrons. The van der Waals surface area contributed by atoms with E-state index in [1.165, 1.54) is 0 Å². The zero-order valence-corrected chi connectivity index (χ0v) is 11.8. The SMILES string of the molecule is Cc1cc(Br)cc(C(=O)NC(C)c2ncc[nH]2)c1. The van der Waals surface area contributed by atoms with Crippen LogP contribution in [0.2, 0.25) is 0 Å². The molecule has 1 aromatic carbocycles. The average Bonchev–Trinajstić information content (AvgIpc) is 2.80. The van der Waals surface area contributed by atoms with E-state index in [1.807, 2.05) is 26.0 Å². The lowest BCUT2D eigenvalue weighted by atomic mass is 10.1. The van der Waals surface area contributed by atoms with Crippen molar-refractivity contribution in [2.24, 2.45) is 0 Å². The molecule has 4 nitrogen and oxygen atoms in total. The number of nitrogens with one attached hydrogen (secondary N) is 2. The molecule has 1 aromatic heterocycles. The number of hydrogen-bond donors (Lipinski definition) is 2. The smallest absolute Gasteiger partial charge is 0.251 e. The van der Waals surface area contributed by atoms with E-state index in [-0.39, 0.29) is 11.9 Å². The van der Waals surface area contributed by atoms with Crippen molar-refractivity contribution in [1.29, 1.82) is 0 Å². The molecule has 2 aromatic rings. The molecule has 0 radical (unpaired) electrons. The molecule has 0 aliphatic carbocycles. The maximum atomic E-state index is 12.1. The molecule has 5 heteroatoms. The minimum atomic E-state index is -0.146. The fourth-order valence-corrected chi connectivity index (χ4v) is 2.34. The van der Waals surface area contributed by atoms with Gasteiger partial charge < -0.3 is 10.3 Å². The van der Waals surface area contributed by atoms with Gasteiger partial charge in [0, 0.05) is 22.4 Å². The summed E-state index contributed by atoms with van der Waals surface area (Å²) >= 11 is 3.39. The van der Waals surface area contributed by atoms with Crippen molar-refractivity contribution in [3.8, 4) is 0 Å². The summed E-state index contributed by atoms with van der Waals surface area (Å²) in [5.41, 5.74) is 1.68. The number of hydrogen-bond acceptors (Lipinski definition) is 2. The van der Waals surface area contributed by atoms with Crippen molar-refractivity contribution in [1.82, 2.24) is 15.3 Å². The Morgan fingerprint density at radius 3 is 2.83 bits per heavy atom. The van der Waals surface area contributed by atoms with Crippen molar-refractivity contribution in [3.63, 3.8) is 0 Å². The molecule has 0 fully saturated rings. The van der Waals surface area contributed by atoms with Crippen LogP contribution in [0.1, 0.15) is 34.7 Å². The second-order valence-corrected chi connectivity index (χ2v) is 5.10. The Balaban J connectivity index is 2.12. The van der Waals surface area contributed by atoms with Crippen LogP contribution in [0.25, 0.3) is 0 Å². The molecular formula is C13H14BrN3O. The van der Waals surface area contributed by atoms with Crippen molar-refractivity contribution in [2.45, 2.75) is 19.9 Å². The Bertz CT molecular complexity index is 531. The molecule has 0 spiro atoms. The third kappa shape index (κ3) is 2.98. The van der Waals surface area contributed by atoms with E-state index in [4.69, 9.17) is 0 Å².